The number of carbonyl (C=O) groups excluding carboxylic acids is 1. The molecule has 1 heterocycles. The van der Waals surface area contributed by atoms with E-state index in [4.69, 9.17) is 5.11 Å². The molecule has 0 unspecified atom stereocenters. The highest BCUT2D eigenvalue weighted by molar-refractivity contribution is 5.82. The van der Waals surface area contributed by atoms with E-state index in [0.717, 1.165) is 5.56 Å². The van der Waals surface area contributed by atoms with Gasteiger partial charge in [-0.1, -0.05) is 13.8 Å². The van der Waals surface area contributed by atoms with Crippen LogP contribution in [0.3, 0.4) is 0 Å². The van der Waals surface area contributed by atoms with Crippen molar-refractivity contribution < 1.29 is 14.7 Å². The van der Waals surface area contributed by atoms with E-state index < -0.39 is 18.0 Å². The molecule has 1 aromatic heterocycles. The summed E-state index contributed by atoms with van der Waals surface area (Å²) in [5, 5.41) is 11.6. The van der Waals surface area contributed by atoms with E-state index in [0.29, 0.717) is 13.0 Å². The first-order chi connectivity index (χ1) is 9.40. The minimum atomic E-state index is -1.01. The summed E-state index contributed by atoms with van der Waals surface area (Å²) in [6.07, 6.45) is 3.71. The van der Waals surface area contributed by atoms with Gasteiger partial charge < -0.3 is 15.3 Å². The summed E-state index contributed by atoms with van der Waals surface area (Å²) >= 11 is 0. The molecule has 0 aliphatic carbocycles. The molecule has 6 heteroatoms. The maximum atomic E-state index is 12.0. The van der Waals surface area contributed by atoms with Gasteiger partial charge in [0.1, 0.15) is 6.04 Å². The number of hydrogen-bond acceptors (Lipinski definition) is 3. The number of carboxylic acid groups (broad SMARTS) is 1. The molecule has 0 aliphatic heterocycles. The summed E-state index contributed by atoms with van der Waals surface area (Å²) in [7, 11) is 1.63. The van der Waals surface area contributed by atoms with Crippen LogP contribution in [0.4, 0.5) is 4.79 Å². The number of carboxylic acids is 1. The number of urea groups is 1. The standard InChI is InChI=1S/C14H21N3O3/c1-10(2)8-12(13(18)19)16-14(20)17(3)9-11-4-6-15-7-5-11/h4-7,10,12H,8-9H2,1-3H3,(H,16,20)(H,18,19)/t12-/m1/s1. The van der Waals surface area contributed by atoms with Crippen LogP contribution in [-0.4, -0.2) is 40.1 Å². The Morgan fingerprint density at radius 1 is 1.35 bits per heavy atom. The molecule has 0 bridgehead atoms. The van der Waals surface area contributed by atoms with Crippen molar-refractivity contribution in [2.75, 3.05) is 7.05 Å². The van der Waals surface area contributed by atoms with Crippen LogP contribution in [-0.2, 0) is 11.3 Å². The van der Waals surface area contributed by atoms with E-state index in [9.17, 15) is 9.59 Å². The van der Waals surface area contributed by atoms with Crippen LogP contribution < -0.4 is 5.32 Å². The number of aliphatic carboxylic acids is 1. The zero-order valence-corrected chi connectivity index (χ0v) is 12.0. The molecule has 20 heavy (non-hydrogen) atoms. The summed E-state index contributed by atoms with van der Waals surface area (Å²) < 4.78 is 0. The van der Waals surface area contributed by atoms with E-state index in [-0.39, 0.29) is 5.92 Å². The van der Waals surface area contributed by atoms with Crippen molar-refractivity contribution in [3.63, 3.8) is 0 Å². The van der Waals surface area contributed by atoms with Gasteiger partial charge in [-0.15, -0.1) is 0 Å². The lowest BCUT2D eigenvalue weighted by atomic mass is 10.0. The van der Waals surface area contributed by atoms with Crippen molar-refractivity contribution in [3.05, 3.63) is 30.1 Å². The van der Waals surface area contributed by atoms with Crippen LogP contribution in [0.5, 0.6) is 0 Å². The van der Waals surface area contributed by atoms with Gasteiger partial charge in [0.2, 0.25) is 0 Å². The summed E-state index contributed by atoms with van der Waals surface area (Å²) in [6.45, 7) is 4.24. The number of carbonyl (C=O) groups is 2. The summed E-state index contributed by atoms with van der Waals surface area (Å²) in [4.78, 5) is 28.4. The number of aromatic nitrogens is 1. The second-order valence-corrected chi connectivity index (χ2v) is 5.18. The Balaban J connectivity index is 2.57. The molecule has 1 atom stereocenters. The first-order valence-corrected chi connectivity index (χ1v) is 6.53. The Bertz CT molecular complexity index is 448. The minimum Gasteiger partial charge on any atom is -0.480 e. The van der Waals surface area contributed by atoms with Crippen LogP contribution in [0.15, 0.2) is 24.5 Å². The lowest BCUT2D eigenvalue weighted by Crippen LogP contribution is -2.46. The summed E-state index contributed by atoms with van der Waals surface area (Å²) in [5.74, 6) is -0.814. The highest BCUT2D eigenvalue weighted by Gasteiger charge is 2.22. The molecule has 0 radical (unpaired) electrons. The zero-order valence-electron chi connectivity index (χ0n) is 12.0. The normalized spacial score (nSPS) is 12.0. The molecular weight excluding hydrogens is 258 g/mol. The van der Waals surface area contributed by atoms with Gasteiger partial charge in [-0.05, 0) is 30.0 Å². The summed E-state index contributed by atoms with van der Waals surface area (Å²) in [5.41, 5.74) is 0.938. The van der Waals surface area contributed by atoms with Gasteiger partial charge in [0.15, 0.2) is 0 Å². The van der Waals surface area contributed by atoms with E-state index >= 15 is 0 Å². The quantitative estimate of drug-likeness (QED) is 0.830. The minimum absolute atomic E-state index is 0.196. The Morgan fingerprint density at radius 3 is 2.45 bits per heavy atom. The number of amides is 2. The third-order valence-electron chi connectivity index (χ3n) is 2.82. The molecule has 0 spiro atoms. The van der Waals surface area contributed by atoms with Crippen molar-refractivity contribution in [2.45, 2.75) is 32.9 Å². The van der Waals surface area contributed by atoms with Crippen LogP contribution in [0.2, 0.25) is 0 Å². The van der Waals surface area contributed by atoms with E-state index in [1.165, 1.54) is 4.90 Å². The van der Waals surface area contributed by atoms with Crippen LogP contribution in [0.25, 0.3) is 0 Å². The maximum absolute atomic E-state index is 12.0. The molecule has 6 nitrogen and oxygen atoms in total. The zero-order chi connectivity index (χ0) is 15.1. The molecule has 2 N–H and O–H groups in total. The van der Waals surface area contributed by atoms with Gasteiger partial charge >= 0.3 is 12.0 Å². The number of hydrogen-bond donors (Lipinski definition) is 2. The molecule has 0 aliphatic rings. The van der Waals surface area contributed by atoms with Crippen molar-refractivity contribution in [1.82, 2.24) is 15.2 Å². The monoisotopic (exact) mass is 279 g/mol. The third-order valence-corrected chi connectivity index (χ3v) is 2.82. The topological polar surface area (TPSA) is 82.5 Å². The second-order valence-electron chi connectivity index (χ2n) is 5.18. The Hall–Kier alpha value is -2.11. The van der Waals surface area contributed by atoms with Crippen LogP contribution >= 0.6 is 0 Å². The van der Waals surface area contributed by atoms with Gasteiger partial charge in [0, 0.05) is 26.0 Å². The fraction of sp³-hybridized carbons (Fsp3) is 0.500. The fourth-order valence-electron chi connectivity index (χ4n) is 1.79. The van der Waals surface area contributed by atoms with E-state index in [2.05, 4.69) is 10.3 Å². The number of nitrogens with one attached hydrogen (secondary N) is 1. The smallest absolute Gasteiger partial charge is 0.326 e. The predicted octanol–water partition coefficient (Wildman–Crippen LogP) is 1.72. The van der Waals surface area contributed by atoms with Crippen LogP contribution in [0.1, 0.15) is 25.8 Å². The molecule has 110 valence electrons. The van der Waals surface area contributed by atoms with Crippen molar-refractivity contribution in [1.29, 1.82) is 0 Å². The van der Waals surface area contributed by atoms with Crippen molar-refractivity contribution in [3.8, 4) is 0 Å². The first-order valence-electron chi connectivity index (χ1n) is 6.53. The lowest BCUT2D eigenvalue weighted by molar-refractivity contribution is -0.139. The molecule has 0 saturated heterocycles. The number of pyridine rings is 1. The van der Waals surface area contributed by atoms with Crippen molar-refractivity contribution >= 4 is 12.0 Å². The van der Waals surface area contributed by atoms with Crippen molar-refractivity contribution in [2.24, 2.45) is 5.92 Å². The predicted molar refractivity (Wildman–Crippen MR) is 75.1 cm³/mol. The summed E-state index contributed by atoms with van der Waals surface area (Å²) in [6, 6.07) is 2.37. The Labute approximate surface area is 118 Å². The Kier molecular flexibility index (Phi) is 5.96. The third kappa shape index (κ3) is 5.26. The highest BCUT2D eigenvalue weighted by Crippen LogP contribution is 2.06. The number of rotatable bonds is 6. The van der Waals surface area contributed by atoms with Gasteiger partial charge in [-0.3, -0.25) is 4.98 Å². The molecule has 0 fully saturated rings. The average molecular weight is 279 g/mol. The van der Waals surface area contributed by atoms with E-state index in [1.807, 2.05) is 26.0 Å². The SMILES string of the molecule is CC(C)C[C@@H](NC(=O)N(C)Cc1ccncc1)C(=O)O. The fourth-order valence-corrected chi connectivity index (χ4v) is 1.79. The maximum Gasteiger partial charge on any atom is 0.326 e. The second kappa shape index (κ2) is 7.47. The molecule has 0 saturated carbocycles. The lowest BCUT2D eigenvalue weighted by Gasteiger charge is -2.22. The molecule has 1 aromatic rings. The largest absolute Gasteiger partial charge is 0.480 e. The molecule has 1 rings (SSSR count). The van der Waals surface area contributed by atoms with Gasteiger partial charge in [-0.25, -0.2) is 9.59 Å². The van der Waals surface area contributed by atoms with Gasteiger partial charge in [0.25, 0.3) is 0 Å². The average Bonchev–Trinajstić information content (AvgIpc) is 2.38. The molecule has 0 aromatic carbocycles. The van der Waals surface area contributed by atoms with Gasteiger partial charge in [-0.2, -0.15) is 0 Å². The highest BCUT2D eigenvalue weighted by atomic mass is 16.4. The first kappa shape index (κ1) is 15.9. The Morgan fingerprint density at radius 2 is 1.95 bits per heavy atom. The van der Waals surface area contributed by atoms with E-state index in [1.54, 1.807) is 19.4 Å². The molecule has 2 amide bonds. The van der Waals surface area contributed by atoms with Gasteiger partial charge in [0.05, 0.1) is 0 Å². The van der Waals surface area contributed by atoms with Crippen LogP contribution in [0, 0.1) is 5.92 Å². The molecular formula is C14H21N3O3. The number of nitrogens with zero attached hydrogens (tertiary/aromatic N) is 2.